The molecule has 0 spiro atoms. The Bertz CT molecular complexity index is 1020. The molecule has 2 aromatic rings. The molecule has 18 heteroatoms. The van der Waals surface area contributed by atoms with Gasteiger partial charge in [-0.05, 0) is 0 Å². The highest BCUT2D eigenvalue weighted by Gasteiger charge is 2.45. The van der Waals surface area contributed by atoms with E-state index >= 15 is 0 Å². The van der Waals surface area contributed by atoms with Gasteiger partial charge in [0, 0.05) is 0 Å². The van der Waals surface area contributed by atoms with Gasteiger partial charge in [-0.2, -0.15) is 8.42 Å². The molecular formula is C10H15N6O10PS. The second-order valence-electron chi connectivity index (χ2n) is 5.55. The standard InChI is InChI=1S/C10H15N6O10PS/c11-8-5-9(13-2-12-8)16(3-14-5)10-7(18)6(17)4(25-10)1-24-27(19,20)15-26-28(21,22)23/h2-4,6-7,10,17-18H,1H2,(H2,11,12,13)(H2,15,19,20)(H,21,22,23)/t4-,6-,7-,10-/m1/s1. The minimum atomic E-state index is -5.05. The molecule has 2 aromatic heterocycles. The van der Waals surface area contributed by atoms with Crippen LogP contribution >= 0.6 is 7.75 Å². The fourth-order valence-corrected chi connectivity index (χ4v) is 3.60. The maximum atomic E-state index is 11.6. The van der Waals surface area contributed by atoms with E-state index in [1.165, 1.54) is 10.9 Å². The maximum absolute atomic E-state index is 11.6. The Morgan fingerprint density at radius 1 is 1.32 bits per heavy atom. The molecule has 1 saturated heterocycles. The third kappa shape index (κ3) is 4.44. The van der Waals surface area contributed by atoms with Crippen LogP contribution in [0.15, 0.2) is 12.7 Å². The monoisotopic (exact) mass is 442 g/mol. The Morgan fingerprint density at radius 3 is 2.71 bits per heavy atom. The van der Waals surface area contributed by atoms with Gasteiger partial charge in [-0.3, -0.25) is 13.6 Å². The number of aliphatic hydroxyl groups is 2. The third-order valence-electron chi connectivity index (χ3n) is 3.67. The quantitative estimate of drug-likeness (QED) is 0.147. The first-order chi connectivity index (χ1) is 13.0. The molecule has 5 atom stereocenters. The van der Waals surface area contributed by atoms with Gasteiger partial charge in [-0.1, -0.05) is 5.25 Å². The van der Waals surface area contributed by atoms with Crippen molar-refractivity contribution in [2.75, 3.05) is 12.3 Å². The van der Waals surface area contributed by atoms with E-state index < -0.39 is 49.3 Å². The Hall–Kier alpha value is -1.79. The fraction of sp³-hybridized carbons (Fsp3) is 0.500. The van der Waals surface area contributed by atoms with E-state index in [-0.39, 0.29) is 17.0 Å². The van der Waals surface area contributed by atoms with Crippen LogP contribution in [0, 0.1) is 0 Å². The van der Waals surface area contributed by atoms with Crippen LogP contribution in [0.25, 0.3) is 11.2 Å². The highest BCUT2D eigenvalue weighted by molar-refractivity contribution is 7.81. The van der Waals surface area contributed by atoms with Crippen LogP contribution in [0.2, 0.25) is 0 Å². The second-order valence-corrected chi connectivity index (χ2v) is 8.05. The van der Waals surface area contributed by atoms with Crippen molar-refractivity contribution in [3.05, 3.63) is 12.7 Å². The van der Waals surface area contributed by atoms with Crippen LogP contribution in [0.5, 0.6) is 0 Å². The van der Waals surface area contributed by atoms with Crippen LogP contribution < -0.4 is 11.0 Å². The number of ether oxygens (including phenoxy) is 1. The van der Waals surface area contributed by atoms with Crippen molar-refractivity contribution < 1.29 is 46.2 Å². The summed E-state index contributed by atoms with van der Waals surface area (Å²) in [6.07, 6.45) is -3.13. The van der Waals surface area contributed by atoms with Gasteiger partial charge in [-0.15, -0.1) is 4.28 Å². The molecule has 0 amide bonds. The van der Waals surface area contributed by atoms with Crippen molar-refractivity contribution in [1.29, 1.82) is 0 Å². The fourth-order valence-electron chi connectivity index (χ4n) is 2.45. The van der Waals surface area contributed by atoms with Gasteiger partial charge in [-0.25, -0.2) is 19.5 Å². The Balaban J connectivity index is 1.70. The van der Waals surface area contributed by atoms with Gasteiger partial charge >= 0.3 is 18.1 Å². The Kier molecular flexibility index (Phi) is 5.65. The van der Waals surface area contributed by atoms with E-state index in [1.54, 1.807) is 0 Å². The minimum Gasteiger partial charge on any atom is -0.387 e. The first kappa shape index (κ1) is 20.9. The molecular weight excluding hydrogens is 427 g/mol. The minimum absolute atomic E-state index is 0.0859. The zero-order valence-electron chi connectivity index (χ0n) is 13.6. The van der Waals surface area contributed by atoms with Gasteiger partial charge < -0.3 is 25.6 Å². The van der Waals surface area contributed by atoms with Crippen molar-refractivity contribution >= 4 is 35.1 Å². The number of nitrogens with two attached hydrogens (primary N) is 1. The normalized spacial score (nSPS) is 27.9. The van der Waals surface area contributed by atoms with Crippen molar-refractivity contribution in [2.45, 2.75) is 24.5 Å². The number of nitrogens with zero attached hydrogens (tertiary/aromatic N) is 4. The molecule has 1 unspecified atom stereocenters. The lowest BCUT2D eigenvalue weighted by Gasteiger charge is -2.17. The van der Waals surface area contributed by atoms with Gasteiger partial charge in [0.1, 0.15) is 30.2 Å². The first-order valence-corrected chi connectivity index (χ1v) is 10.3. The van der Waals surface area contributed by atoms with Gasteiger partial charge in [0.05, 0.1) is 12.9 Å². The van der Waals surface area contributed by atoms with E-state index in [0.29, 0.717) is 0 Å². The average molecular weight is 442 g/mol. The van der Waals surface area contributed by atoms with E-state index in [9.17, 15) is 28.1 Å². The number of fused-ring (bicyclic) bond motifs is 1. The average Bonchev–Trinajstić information content (AvgIpc) is 3.15. The predicted octanol–water partition coefficient (Wildman–Crippen LogP) is -2.53. The Morgan fingerprint density at radius 2 is 2.04 bits per heavy atom. The summed E-state index contributed by atoms with van der Waals surface area (Å²) < 4.78 is 55.6. The molecule has 0 aliphatic carbocycles. The summed E-state index contributed by atoms with van der Waals surface area (Å²) in [5.74, 6) is 0.0859. The van der Waals surface area contributed by atoms with Crippen LogP contribution in [0.1, 0.15) is 6.23 Å². The van der Waals surface area contributed by atoms with Gasteiger partial charge in [0.25, 0.3) is 0 Å². The lowest BCUT2D eigenvalue weighted by molar-refractivity contribution is -0.0495. The smallest absolute Gasteiger partial charge is 0.387 e. The van der Waals surface area contributed by atoms with E-state index in [1.807, 2.05) is 0 Å². The van der Waals surface area contributed by atoms with Crippen molar-refractivity contribution in [1.82, 2.24) is 24.8 Å². The number of hydrogen-bond donors (Lipinski definition) is 6. The molecule has 1 aliphatic rings. The van der Waals surface area contributed by atoms with E-state index in [2.05, 4.69) is 23.8 Å². The number of aromatic nitrogens is 4. The molecule has 16 nitrogen and oxygen atoms in total. The summed E-state index contributed by atoms with van der Waals surface area (Å²) in [6, 6.07) is 0. The summed E-state index contributed by atoms with van der Waals surface area (Å²) in [7, 11) is -9.91. The summed E-state index contributed by atoms with van der Waals surface area (Å²) >= 11 is 0. The number of hydrogen-bond acceptors (Lipinski definition) is 12. The molecule has 0 saturated carbocycles. The van der Waals surface area contributed by atoms with Crippen molar-refractivity contribution in [2.24, 2.45) is 0 Å². The molecule has 7 N–H and O–H groups in total. The zero-order valence-corrected chi connectivity index (χ0v) is 15.3. The summed E-state index contributed by atoms with van der Waals surface area (Å²) in [5.41, 5.74) is 6.12. The number of rotatable bonds is 7. The molecule has 0 aromatic carbocycles. The molecule has 1 fully saturated rings. The van der Waals surface area contributed by atoms with Crippen LogP contribution in [0.3, 0.4) is 0 Å². The molecule has 3 heterocycles. The first-order valence-electron chi connectivity index (χ1n) is 7.33. The number of imidazole rings is 1. The van der Waals surface area contributed by atoms with Gasteiger partial charge in [0.15, 0.2) is 17.7 Å². The summed E-state index contributed by atoms with van der Waals surface area (Å²) in [4.78, 5) is 21.1. The SMILES string of the molecule is Nc1ncnc2c1ncn2[C@@H]1O[C@H](COP(=O)(O)NOS(=O)(=O)O)[C@@H](O)[C@H]1O. The number of nitrogens with one attached hydrogen (secondary N) is 1. The summed E-state index contributed by atoms with van der Waals surface area (Å²) in [5, 5.41) is 21.5. The Labute approximate surface area is 156 Å². The van der Waals surface area contributed by atoms with Crippen LogP contribution in [-0.4, -0.2) is 72.5 Å². The van der Waals surface area contributed by atoms with Crippen molar-refractivity contribution in [3.63, 3.8) is 0 Å². The number of aliphatic hydroxyl groups excluding tert-OH is 2. The lowest BCUT2D eigenvalue weighted by Crippen LogP contribution is -2.34. The molecule has 28 heavy (non-hydrogen) atoms. The van der Waals surface area contributed by atoms with Crippen molar-refractivity contribution in [3.8, 4) is 0 Å². The molecule has 3 rings (SSSR count). The molecule has 156 valence electrons. The zero-order chi connectivity index (χ0) is 20.7. The second kappa shape index (κ2) is 7.56. The third-order valence-corrected chi connectivity index (χ3v) is 4.91. The topological polar surface area (TPSA) is 241 Å². The summed E-state index contributed by atoms with van der Waals surface area (Å²) in [6.45, 7) is -0.756. The largest absolute Gasteiger partial charge is 0.427 e. The van der Waals surface area contributed by atoms with Crippen LogP contribution in [-0.2, 0) is 28.5 Å². The molecule has 1 aliphatic heterocycles. The number of nitrogen functional groups attached to an aromatic ring is 1. The molecule has 0 radical (unpaired) electrons. The molecule has 0 bridgehead atoms. The predicted molar refractivity (Wildman–Crippen MR) is 87.2 cm³/mol. The van der Waals surface area contributed by atoms with E-state index in [0.717, 1.165) is 11.6 Å². The van der Waals surface area contributed by atoms with Gasteiger partial charge in [0.2, 0.25) is 0 Å². The maximum Gasteiger partial charge on any atom is 0.427 e. The highest BCUT2D eigenvalue weighted by atomic mass is 32.3. The van der Waals surface area contributed by atoms with E-state index in [4.69, 9.17) is 15.0 Å². The van der Waals surface area contributed by atoms with Crippen LogP contribution in [0.4, 0.5) is 5.82 Å². The highest BCUT2D eigenvalue weighted by Crippen LogP contribution is 2.39. The number of anilines is 1. The lowest BCUT2D eigenvalue weighted by atomic mass is 10.1.